The van der Waals surface area contributed by atoms with Gasteiger partial charge in [0.15, 0.2) is 0 Å². The summed E-state index contributed by atoms with van der Waals surface area (Å²) >= 11 is 0. The summed E-state index contributed by atoms with van der Waals surface area (Å²) in [6.07, 6.45) is 4.62. The molecule has 0 unspecified atom stereocenters. The Morgan fingerprint density at radius 3 is 2.33 bits per heavy atom. The molecule has 90 valence electrons. The Balaban J connectivity index is 2.11. The Morgan fingerprint density at radius 1 is 1.11 bits per heavy atom. The van der Waals surface area contributed by atoms with Gasteiger partial charge in [-0.15, -0.1) is 6.42 Å². The lowest BCUT2D eigenvalue weighted by Crippen LogP contribution is -1.94. The summed E-state index contributed by atoms with van der Waals surface area (Å²) in [5.41, 5.74) is 2.57. The number of alkyl halides is 2. The standard InChI is InChI=1S/C15H11F2N/c1-2-11-3-5-12(6-4-11)9-14-8-7-13(10-18-14)15(16)17/h1,3-8,10,15H,9H2. The minimum Gasteiger partial charge on any atom is -0.260 e. The summed E-state index contributed by atoms with van der Waals surface area (Å²) in [6, 6.07) is 10.6. The van der Waals surface area contributed by atoms with Crippen LogP contribution >= 0.6 is 0 Å². The third-order valence-electron chi connectivity index (χ3n) is 2.61. The van der Waals surface area contributed by atoms with Crippen molar-refractivity contribution >= 4 is 0 Å². The summed E-state index contributed by atoms with van der Waals surface area (Å²) in [5.74, 6) is 2.54. The van der Waals surface area contributed by atoms with E-state index in [0.29, 0.717) is 6.42 Å². The minimum absolute atomic E-state index is 0.0542. The van der Waals surface area contributed by atoms with E-state index in [1.54, 1.807) is 6.07 Å². The lowest BCUT2D eigenvalue weighted by atomic mass is 10.1. The van der Waals surface area contributed by atoms with Crippen molar-refractivity contribution in [3.05, 3.63) is 65.0 Å². The first-order valence-corrected chi connectivity index (χ1v) is 5.47. The number of nitrogens with zero attached hydrogens (tertiary/aromatic N) is 1. The Bertz CT molecular complexity index is 551. The highest BCUT2D eigenvalue weighted by Crippen LogP contribution is 2.18. The van der Waals surface area contributed by atoms with E-state index in [1.807, 2.05) is 24.3 Å². The molecule has 0 bridgehead atoms. The van der Waals surface area contributed by atoms with Crippen LogP contribution in [0.15, 0.2) is 42.6 Å². The number of halogens is 2. The molecule has 0 fully saturated rings. The van der Waals surface area contributed by atoms with Gasteiger partial charge in [0.25, 0.3) is 6.43 Å². The SMILES string of the molecule is C#Cc1ccc(Cc2ccc(C(F)F)cn2)cc1. The van der Waals surface area contributed by atoms with Crippen molar-refractivity contribution < 1.29 is 8.78 Å². The molecule has 0 amide bonds. The average Bonchev–Trinajstić information content (AvgIpc) is 2.40. The third kappa shape index (κ3) is 2.92. The number of rotatable bonds is 3. The molecule has 0 saturated carbocycles. The first kappa shape index (κ1) is 12.3. The zero-order valence-corrected chi connectivity index (χ0v) is 9.61. The van der Waals surface area contributed by atoms with Crippen LogP contribution in [0.3, 0.4) is 0 Å². The Hall–Kier alpha value is -2.21. The molecule has 0 aliphatic rings. The van der Waals surface area contributed by atoms with Crippen LogP contribution in [0.2, 0.25) is 0 Å². The zero-order valence-electron chi connectivity index (χ0n) is 9.61. The van der Waals surface area contributed by atoms with E-state index in [0.717, 1.165) is 16.8 Å². The summed E-state index contributed by atoms with van der Waals surface area (Å²) in [7, 11) is 0. The fraction of sp³-hybridized carbons (Fsp3) is 0.133. The van der Waals surface area contributed by atoms with Crippen LogP contribution in [0.1, 0.15) is 28.8 Å². The summed E-state index contributed by atoms with van der Waals surface area (Å²) in [4.78, 5) is 4.02. The van der Waals surface area contributed by atoms with Crippen LogP contribution in [0, 0.1) is 12.3 Å². The first-order chi connectivity index (χ1) is 8.69. The van der Waals surface area contributed by atoms with E-state index in [-0.39, 0.29) is 5.56 Å². The van der Waals surface area contributed by atoms with Crippen LogP contribution in [0.5, 0.6) is 0 Å². The topological polar surface area (TPSA) is 12.9 Å². The highest BCUT2D eigenvalue weighted by molar-refractivity contribution is 5.35. The van der Waals surface area contributed by atoms with E-state index in [2.05, 4.69) is 10.9 Å². The first-order valence-electron chi connectivity index (χ1n) is 5.47. The van der Waals surface area contributed by atoms with Gasteiger partial charge in [-0.25, -0.2) is 8.78 Å². The third-order valence-corrected chi connectivity index (χ3v) is 2.61. The molecule has 0 spiro atoms. The molecule has 1 aromatic carbocycles. The highest BCUT2D eigenvalue weighted by atomic mass is 19.3. The molecular formula is C15H11F2N. The smallest absolute Gasteiger partial charge is 0.260 e. The Morgan fingerprint density at radius 2 is 1.83 bits per heavy atom. The van der Waals surface area contributed by atoms with Gasteiger partial charge >= 0.3 is 0 Å². The predicted octanol–water partition coefficient (Wildman–Crippen LogP) is 3.59. The number of hydrogen-bond acceptors (Lipinski definition) is 1. The lowest BCUT2D eigenvalue weighted by molar-refractivity contribution is 0.151. The maximum absolute atomic E-state index is 12.4. The van der Waals surface area contributed by atoms with E-state index in [4.69, 9.17) is 6.42 Å². The van der Waals surface area contributed by atoms with Gasteiger partial charge in [0.1, 0.15) is 0 Å². The van der Waals surface area contributed by atoms with Crippen LogP contribution in [0.4, 0.5) is 8.78 Å². The number of benzene rings is 1. The fourth-order valence-electron chi connectivity index (χ4n) is 1.60. The van der Waals surface area contributed by atoms with Gasteiger partial charge in [-0.1, -0.05) is 18.1 Å². The number of hydrogen-bond donors (Lipinski definition) is 0. The predicted molar refractivity (Wildman–Crippen MR) is 66.4 cm³/mol. The number of aromatic nitrogens is 1. The normalized spacial score (nSPS) is 10.3. The molecule has 0 atom stereocenters. The Kier molecular flexibility index (Phi) is 3.69. The molecule has 2 aromatic rings. The maximum Gasteiger partial charge on any atom is 0.265 e. The van der Waals surface area contributed by atoms with Crippen LogP contribution in [0.25, 0.3) is 0 Å². The van der Waals surface area contributed by atoms with Crippen molar-refractivity contribution in [2.24, 2.45) is 0 Å². The van der Waals surface area contributed by atoms with Crippen LogP contribution in [-0.2, 0) is 6.42 Å². The number of pyridine rings is 1. The molecule has 2 rings (SSSR count). The summed E-state index contributed by atoms with van der Waals surface area (Å²) in [5, 5.41) is 0. The van der Waals surface area contributed by atoms with Crippen molar-refractivity contribution in [2.75, 3.05) is 0 Å². The molecule has 0 aliphatic carbocycles. The molecule has 18 heavy (non-hydrogen) atoms. The van der Waals surface area contributed by atoms with Crippen LogP contribution in [-0.4, -0.2) is 4.98 Å². The molecule has 1 nitrogen and oxygen atoms in total. The quantitative estimate of drug-likeness (QED) is 0.751. The van der Waals surface area contributed by atoms with Crippen molar-refractivity contribution in [3.63, 3.8) is 0 Å². The maximum atomic E-state index is 12.4. The summed E-state index contributed by atoms with van der Waals surface area (Å²) < 4.78 is 24.7. The largest absolute Gasteiger partial charge is 0.265 e. The van der Waals surface area contributed by atoms with Crippen molar-refractivity contribution in [1.29, 1.82) is 0 Å². The van der Waals surface area contributed by atoms with Crippen molar-refractivity contribution in [1.82, 2.24) is 4.98 Å². The van der Waals surface area contributed by atoms with Gasteiger partial charge in [0.05, 0.1) is 0 Å². The molecule has 1 heterocycles. The zero-order chi connectivity index (χ0) is 13.0. The lowest BCUT2D eigenvalue weighted by Gasteiger charge is -2.03. The second kappa shape index (κ2) is 5.42. The second-order valence-corrected chi connectivity index (χ2v) is 3.90. The van der Waals surface area contributed by atoms with E-state index >= 15 is 0 Å². The molecule has 0 saturated heterocycles. The van der Waals surface area contributed by atoms with E-state index in [1.165, 1.54) is 12.3 Å². The molecule has 0 radical (unpaired) electrons. The fourth-order valence-corrected chi connectivity index (χ4v) is 1.60. The van der Waals surface area contributed by atoms with Gasteiger partial charge in [-0.2, -0.15) is 0 Å². The van der Waals surface area contributed by atoms with Gasteiger partial charge in [0.2, 0.25) is 0 Å². The van der Waals surface area contributed by atoms with Gasteiger partial charge in [-0.3, -0.25) is 4.98 Å². The second-order valence-electron chi connectivity index (χ2n) is 3.90. The van der Waals surface area contributed by atoms with Gasteiger partial charge in [-0.05, 0) is 29.8 Å². The molecule has 0 N–H and O–H groups in total. The highest BCUT2D eigenvalue weighted by Gasteiger charge is 2.07. The number of terminal acetylenes is 1. The van der Waals surface area contributed by atoms with Crippen molar-refractivity contribution in [3.8, 4) is 12.3 Å². The Labute approximate surface area is 104 Å². The van der Waals surface area contributed by atoms with E-state index < -0.39 is 6.43 Å². The van der Waals surface area contributed by atoms with Gasteiger partial charge in [0, 0.05) is 29.4 Å². The minimum atomic E-state index is -2.47. The average molecular weight is 243 g/mol. The van der Waals surface area contributed by atoms with Crippen LogP contribution < -0.4 is 0 Å². The molecular weight excluding hydrogens is 232 g/mol. The molecule has 3 heteroatoms. The summed E-state index contributed by atoms with van der Waals surface area (Å²) in [6.45, 7) is 0. The van der Waals surface area contributed by atoms with E-state index in [9.17, 15) is 8.78 Å². The van der Waals surface area contributed by atoms with Crippen molar-refractivity contribution in [2.45, 2.75) is 12.8 Å². The molecule has 0 aliphatic heterocycles. The monoisotopic (exact) mass is 243 g/mol. The van der Waals surface area contributed by atoms with Gasteiger partial charge < -0.3 is 0 Å². The molecule has 1 aromatic heterocycles.